The Hall–Kier alpha value is -0.580. The van der Waals surface area contributed by atoms with Gasteiger partial charge < -0.3 is 18.9 Å². The first-order chi connectivity index (χ1) is 20.3. The fraction of sp³-hybridized carbons (Fsp3) is 0.946. The summed E-state index contributed by atoms with van der Waals surface area (Å²) < 4.78 is 23.3. The molecule has 0 aromatic heterocycles. The SMILES string of the molecule is CCCCCCCCOCOC=CCCCCCCCCCCCC(OCCCCCCC)OCCCCCCC. The standard InChI is InChI=1S/C37H74O4/c1-4-7-10-13-24-27-32-38-36-39-33-28-25-20-18-16-14-15-17-19-21-26-31-37(40-34-29-22-11-8-5-2)41-35-30-23-12-9-6-3/h28,33,37H,4-27,29-32,34-36H2,1-3H3. The van der Waals surface area contributed by atoms with Crippen LogP contribution in [0.15, 0.2) is 12.3 Å². The summed E-state index contributed by atoms with van der Waals surface area (Å²) in [6.07, 6.45) is 38.8. The van der Waals surface area contributed by atoms with Crippen molar-refractivity contribution >= 4 is 0 Å². The predicted octanol–water partition coefficient (Wildman–Crippen LogP) is 12.4. The highest BCUT2D eigenvalue weighted by Crippen LogP contribution is 2.15. The third kappa shape index (κ3) is 35.5. The number of allylic oxidation sites excluding steroid dienone is 1. The molecule has 0 saturated carbocycles. The number of hydrogen-bond acceptors (Lipinski definition) is 4. The van der Waals surface area contributed by atoms with Crippen molar-refractivity contribution in [2.45, 2.75) is 200 Å². The molecule has 0 amide bonds. The van der Waals surface area contributed by atoms with E-state index in [0.29, 0.717) is 6.79 Å². The van der Waals surface area contributed by atoms with Gasteiger partial charge in [0.25, 0.3) is 0 Å². The lowest BCUT2D eigenvalue weighted by Crippen LogP contribution is -2.19. The monoisotopic (exact) mass is 583 g/mol. The van der Waals surface area contributed by atoms with Gasteiger partial charge in [0, 0.05) is 13.2 Å². The molecule has 0 N–H and O–H groups in total. The van der Waals surface area contributed by atoms with Crippen LogP contribution in [0.1, 0.15) is 194 Å². The summed E-state index contributed by atoms with van der Waals surface area (Å²) in [4.78, 5) is 0. The lowest BCUT2D eigenvalue weighted by Gasteiger charge is -2.19. The Morgan fingerprint density at radius 3 is 1.37 bits per heavy atom. The first-order valence-electron chi connectivity index (χ1n) is 18.4. The van der Waals surface area contributed by atoms with Gasteiger partial charge in [-0.15, -0.1) is 0 Å². The summed E-state index contributed by atoms with van der Waals surface area (Å²) in [5.74, 6) is 0. The van der Waals surface area contributed by atoms with Crippen LogP contribution >= 0.6 is 0 Å². The molecule has 0 saturated heterocycles. The molecule has 0 aliphatic heterocycles. The van der Waals surface area contributed by atoms with Crippen molar-refractivity contribution in [2.24, 2.45) is 0 Å². The lowest BCUT2D eigenvalue weighted by atomic mass is 10.1. The second kappa shape index (κ2) is 37.4. The molecule has 0 atom stereocenters. The van der Waals surface area contributed by atoms with Crippen molar-refractivity contribution in [3.8, 4) is 0 Å². The van der Waals surface area contributed by atoms with Gasteiger partial charge in [-0.2, -0.15) is 0 Å². The minimum Gasteiger partial charge on any atom is -0.475 e. The third-order valence-electron chi connectivity index (χ3n) is 7.90. The largest absolute Gasteiger partial charge is 0.475 e. The van der Waals surface area contributed by atoms with E-state index in [4.69, 9.17) is 18.9 Å². The normalized spacial score (nSPS) is 11.8. The van der Waals surface area contributed by atoms with Crippen LogP contribution < -0.4 is 0 Å². The highest BCUT2D eigenvalue weighted by molar-refractivity contribution is 4.72. The average molecular weight is 583 g/mol. The van der Waals surface area contributed by atoms with E-state index in [1.54, 1.807) is 0 Å². The van der Waals surface area contributed by atoms with Crippen LogP contribution in [0.25, 0.3) is 0 Å². The van der Waals surface area contributed by atoms with E-state index in [0.717, 1.165) is 39.1 Å². The van der Waals surface area contributed by atoms with Crippen molar-refractivity contribution < 1.29 is 18.9 Å². The molecule has 0 fully saturated rings. The molecule has 246 valence electrons. The Labute approximate surface area is 258 Å². The quantitative estimate of drug-likeness (QED) is 0.0418. The molecule has 0 aromatic rings. The summed E-state index contributed by atoms with van der Waals surface area (Å²) >= 11 is 0. The van der Waals surface area contributed by atoms with E-state index >= 15 is 0 Å². The Bertz CT molecular complexity index is 466. The molecular weight excluding hydrogens is 508 g/mol. The van der Waals surface area contributed by atoms with Crippen molar-refractivity contribution in [3.63, 3.8) is 0 Å². The van der Waals surface area contributed by atoms with Crippen LogP contribution in [0.5, 0.6) is 0 Å². The molecular formula is C37H74O4. The van der Waals surface area contributed by atoms with Crippen LogP contribution in [-0.2, 0) is 18.9 Å². The number of hydrogen-bond donors (Lipinski definition) is 0. The maximum absolute atomic E-state index is 6.16. The van der Waals surface area contributed by atoms with Crippen LogP contribution in [0.3, 0.4) is 0 Å². The van der Waals surface area contributed by atoms with Gasteiger partial charge in [0.15, 0.2) is 13.1 Å². The zero-order valence-electron chi connectivity index (χ0n) is 28.3. The zero-order valence-corrected chi connectivity index (χ0v) is 28.3. The third-order valence-corrected chi connectivity index (χ3v) is 7.90. The molecule has 0 unspecified atom stereocenters. The zero-order chi connectivity index (χ0) is 29.7. The van der Waals surface area contributed by atoms with Crippen molar-refractivity contribution in [1.82, 2.24) is 0 Å². The van der Waals surface area contributed by atoms with Gasteiger partial charge in [-0.25, -0.2) is 0 Å². The van der Waals surface area contributed by atoms with Crippen LogP contribution in [0.4, 0.5) is 0 Å². The first kappa shape index (κ1) is 40.4. The molecule has 0 radical (unpaired) electrons. The van der Waals surface area contributed by atoms with E-state index in [2.05, 4.69) is 26.8 Å². The molecule has 0 heterocycles. The van der Waals surface area contributed by atoms with Crippen LogP contribution in [-0.4, -0.2) is 32.9 Å². The molecule has 0 bridgehead atoms. The van der Waals surface area contributed by atoms with E-state index in [1.165, 1.54) is 154 Å². The second-order valence-electron chi connectivity index (χ2n) is 12.1. The molecule has 0 aliphatic rings. The van der Waals surface area contributed by atoms with Gasteiger partial charge >= 0.3 is 0 Å². The average Bonchev–Trinajstić information content (AvgIpc) is 2.98. The molecule has 0 spiro atoms. The van der Waals surface area contributed by atoms with Gasteiger partial charge in [-0.05, 0) is 51.0 Å². The Morgan fingerprint density at radius 2 is 0.854 bits per heavy atom. The van der Waals surface area contributed by atoms with Crippen molar-refractivity contribution in [2.75, 3.05) is 26.6 Å². The summed E-state index contributed by atoms with van der Waals surface area (Å²) in [6, 6.07) is 0. The van der Waals surface area contributed by atoms with E-state index in [9.17, 15) is 0 Å². The van der Waals surface area contributed by atoms with Crippen molar-refractivity contribution in [1.29, 1.82) is 0 Å². The summed E-state index contributed by atoms with van der Waals surface area (Å²) in [5, 5.41) is 0. The summed E-state index contributed by atoms with van der Waals surface area (Å²) in [6.45, 7) is 9.74. The molecule has 41 heavy (non-hydrogen) atoms. The highest BCUT2D eigenvalue weighted by Gasteiger charge is 2.09. The van der Waals surface area contributed by atoms with Crippen molar-refractivity contribution in [3.05, 3.63) is 12.3 Å². The Kier molecular flexibility index (Phi) is 36.9. The Balaban J connectivity index is 3.57. The van der Waals surface area contributed by atoms with E-state index in [-0.39, 0.29) is 6.29 Å². The number of rotatable bonds is 36. The Morgan fingerprint density at radius 1 is 0.439 bits per heavy atom. The summed E-state index contributed by atoms with van der Waals surface area (Å²) in [5.41, 5.74) is 0. The fourth-order valence-corrected chi connectivity index (χ4v) is 5.13. The van der Waals surface area contributed by atoms with E-state index in [1.807, 2.05) is 6.26 Å². The van der Waals surface area contributed by atoms with Gasteiger partial charge in [-0.3, -0.25) is 0 Å². The molecule has 4 heteroatoms. The predicted molar refractivity (Wildman–Crippen MR) is 178 cm³/mol. The number of ether oxygens (including phenoxy) is 4. The fourth-order valence-electron chi connectivity index (χ4n) is 5.13. The lowest BCUT2D eigenvalue weighted by molar-refractivity contribution is -0.148. The molecule has 4 nitrogen and oxygen atoms in total. The van der Waals surface area contributed by atoms with Gasteiger partial charge in [0.1, 0.15) is 0 Å². The molecule has 0 aliphatic carbocycles. The smallest absolute Gasteiger partial charge is 0.188 e. The first-order valence-corrected chi connectivity index (χ1v) is 18.4. The molecule has 0 aromatic carbocycles. The highest BCUT2D eigenvalue weighted by atomic mass is 16.7. The maximum Gasteiger partial charge on any atom is 0.188 e. The maximum atomic E-state index is 6.16. The topological polar surface area (TPSA) is 36.9 Å². The number of unbranched alkanes of at least 4 members (excludes halogenated alkanes) is 22. The summed E-state index contributed by atoms with van der Waals surface area (Å²) in [7, 11) is 0. The molecule has 0 rings (SSSR count). The minimum atomic E-state index is 0.0180. The second-order valence-corrected chi connectivity index (χ2v) is 12.1. The van der Waals surface area contributed by atoms with E-state index < -0.39 is 0 Å². The van der Waals surface area contributed by atoms with Gasteiger partial charge in [-0.1, -0.05) is 149 Å². The van der Waals surface area contributed by atoms with Crippen LogP contribution in [0, 0.1) is 0 Å². The van der Waals surface area contributed by atoms with Crippen LogP contribution in [0.2, 0.25) is 0 Å². The minimum absolute atomic E-state index is 0.0180. The van der Waals surface area contributed by atoms with Gasteiger partial charge in [0.2, 0.25) is 0 Å². The van der Waals surface area contributed by atoms with Gasteiger partial charge in [0.05, 0.1) is 12.9 Å².